The molecule has 0 radical (unpaired) electrons. The summed E-state index contributed by atoms with van der Waals surface area (Å²) in [5.41, 5.74) is 0.0514. The first-order valence-corrected chi connectivity index (χ1v) is 8.01. The van der Waals surface area contributed by atoms with Crippen LogP contribution in [-0.2, 0) is 19.1 Å². The highest BCUT2D eigenvalue weighted by Crippen LogP contribution is 2.53. The number of carbonyl (C=O) groups excluding carboxylic acids is 2. The van der Waals surface area contributed by atoms with Gasteiger partial charge in [0, 0.05) is 11.5 Å². The molecule has 1 unspecified atom stereocenters. The van der Waals surface area contributed by atoms with Crippen molar-refractivity contribution in [3.8, 4) is 0 Å². The molecule has 2 N–H and O–H groups in total. The van der Waals surface area contributed by atoms with Gasteiger partial charge in [0.05, 0.1) is 24.7 Å². The molecule has 1 saturated heterocycles. The first kappa shape index (κ1) is 19.1. The summed E-state index contributed by atoms with van der Waals surface area (Å²) in [6.07, 6.45) is 0.703. The van der Waals surface area contributed by atoms with Crippen molar-refractivity contribution in [2.24, 2.45) is 17.3 Å². The SMILES string of the molecule is C=C[C@@]1(C)CC(OC(=O)C(=C)CO)[C@H]2C(=C)C(=O)O[C@@H]2[C@@H]1C(=C)CO. The summed E-state index contributed by atoms with van der Waals surface area (Å²) in [6.45, 7) is 16.1. The van der Waals surface area contributed by atoms with Gasteiger partial charge in [-0.1, -0.05) is 32.7 Å². The van der Waals surface area contributed by atoms with Gasteiger partial charge < -0.3 is 19.7 Å². The zero-order valence-corrected chi connectivity index (χ0v) is 14.4. The number of ether oxygens (including phenoxy) is 2. The molecule has 2 fully saturated rings. The minimum absolute atomic E-state index is 0.0744. The van der Waals surface area contributed by atoms with Crippen molar-refractivity contribution in [3.05, 3.63) is 49.1 Å². The zero-order valence-electron chi connectivity index (χ0n) is 14.4. The Labute approximate surface area is 147 Å². The molecule has 25 heavy (non-hydrogen) atoms. The Morgan fingerprint density at radius 3 is 2.56 bits per heavy atom. The predicted octanol–water partition coefficient (Wildman–Crippen LogP) is 1.31. The van der Waals surface area contributed by atoms with Crippen LogP contribution >= 0.6 is 0 Å². The third-order valence-electron chi connectivity index (χ3n) is 5.19. The Kier molecular flexibility index (Phi) is 5.34. The lowest BCUT2D eigenvalue weighted by Gasteiger charge is -2.48. The molecule has 0 aromatic heterocycles. The predicted molar refractivity (Wildman–Crippen MR) is 91.3 cm³/mol. The number of aliphatic hydroxyl groups is 2. The number of hydrogen-bond donors (Lipinski definition) is 2. The molecule has 0 aromatic carbocycles. The van der Waals surface area contributed by atoms with E-state index in [1.54, 1.807) is 6.08 Å². The molecular formula is C19H24O6. The lowest BCUT2D eigenvalue weighted by molar-refractivity contribution is -0.159. The van der Waals surface area contributed by atoms with Crippen molar-refractivity contribution in [3.63, 3.8) is 0 Å². The van der Waals surface area contributed by atoms with Crippen LogP contribution in [0.2, 0.25) is 0 Å². The van der Waals surface area contributed by atoms with Gasteiger partial charge in [0.25, 0.3) is 0 Å². The Hall–Kier alpha value is -2.18. The molecule has 0 aromatic rings. The topological polar surface area (TPSA) is 93.1 Å². The van der Waals surface area contributed by atoms with Crippen molar-refractivity contribution >= 4 is 11.9 Å². The van der Waals surface area contributed by atoms with Crippen molar-refractivity contribution < 1.29 is 29.3 Å². The maximum atomic E-state index is 12.1. The van der Waals surface area contributed by atoms with Crippen LogP contribution in [0.15, 0.2) is 49.1 Å². The van der Waals surface area contributed by atoms with Crippen LogP contribution in [0, 0.1) is 17.3 Å². The van der Waals surface area contributed by atoms with Gasteiger partial charge >= 0.3 is 11.9 Å². The van der Waals surface area contributed by atoms with Gasteiger partial charge in [-0.25, -0.2) is 9.59 Å². The molecular weight excluding hydrogens is 324 g/mol. The van der Waals surface area contributed by atoms with E-state index >= 15 is 0 Å². The largest absolute Gasteiger partial charge is 0.458 e. The van der Waals surface area contributed by atoms with E-state index in [4.69, 9.17) is 14.6 Å². The Morgan fingerprint density at radius 2 is 2.04 bits per heavy atom. The van der Waals surface area contributed by atoms with E-state index in [9.17, 15) is 14.7 Å². The summed E-state index contributed by atoms with van der Waals surface area (Å²) >= 11 is 0. The van der Waals surface area contributed by atoms with Crippen LogP contribution in [-0.4, -0.2) is 47.6 Å². The molecule has 1 saturated carbocycles. The quantitative estimate of drug-likeness (QED) is 0.427. The molecule has 0 spiro atoms. The minimum atomic E-state index is -0.732. The van der Waals surface area contributed by atoms with E-state index in [2.05, 4.69) is 26.3 Å². The fourth-order valence-electron chi connectivity index (χ4n) is 3.79. The van der Waals surface area contributed by atoms with Crippen molar-refractivity contribution in [2.45, 2.75) is 25.6 Å². The Morgan fingerprint density at radius 1 is 1.40 bits per heavy atom. The highest BCUT2D eigenvalue weighted by atomic mass is 16.6. The maximum Gasteiger partial charge on any atom is 0.336 e. The highest BCUT2D eigenvalue weighted by molar-refractivity contribution is 5.92. The summed E-state index contributed by atoms with van der Waals surface area (Å²) < 4.78 is 11.0. The van der Waals surface area contributed by atoms with Crippen LogP contribution in [0.3, 0.4) is 0 Å². The van der Waals surface area contributed by atoms with Crippen LogP contribution in [0.5, 0.6) is 0 Å². The molecule has 0 bridgehead atoms. The van der Waals surface area contributed by atoms with E-state index in [1.165, 1.54) is 0 Å². The monoisotopic (exact) mass is 348 g/mol. The lowest BCUT2D eigenvalue weighted by atomic mass is 9.59. The van der Waals surface area contributed by atoms with Crippen LogP contribution in [0.4, 0.5) is 0 Å². The van der Waals surface area contributed by atoms with Gasteiger partial charge in [-0.05, 0) is 17.4 Å². The highest BCUT2D eigenvalue weighted by Gasteiger charge is 2.58. The molecule has 2 aliphatic rings. The smallest absolute Gasteiger partial charge is 0.336 e. The number of allylic oxidation sites excluding steroid dienone is 1. The third kappa shape index (κ3) is 3.19. The van der Waals surface area contributed by atoms with Gasteiger partial charge in [0.15, 0.2) is 0 Å². The fraction of sp³-hybridized carbons (Fsp3) is 0.474. The molecule has 1 aliphatic heterocycles. The standard InChI is InChI=1S/C19H24O6/c1-6-19(5)7-13(24-17(22)11(3)9-21)14-12(4)18(23)25-16(14)15(19)10(2)8-20/h6,13-16,20-21H,1-4,7-9H2,5H3/t13?,14-,15+,16+,19+/m1/s1. The van der Waals surface area contributed by atoms with E-state index in [-0.39, 0.29) is 23.7 Å². The molecule has 6 nitrogen and oxygen atoms in total. The molecule has 1 heterocycles. The third-order valence-corrected chi connectivity index (χ3v) is 5.19. The molecule has 0 amide bonds. The van der Waals surface area contributed by atoms with Crippen molar-refractivity contribution in [1.29, 1.82) is 0 Å². The number of carbonyl (C=O) groups is 2. The van der Waals surface area contributed by atoms with Gasteiger partial charge in [-0.3, -0.25) is 0 Å². The number of aliphatic hydroxyl groups excluding tert-OH is 2. The molecule has 1 aliphatic carbocycles. The number of fused-ring (bicyclic) bond motifs is 1. The summed E-state index contributed by atoms with van der Waals surface area (Å²) in [4.78, 5) is 24.1. The summed E-state index contributed by atoms with van der Waals surface area (Å²) in [5, 5.41) is 18.6. The molecule has 136 valence electrons. The van der Waals surface area contributed by atoms with Gasteiger partial charge in [-0.15, -0.1) is 6.58 Å². The maximum absolute atomic E-state index is 12.1. The van der Waals surface area contributed by atoms with Crippen molar-refractivity contribution in [2.75, 3.05) is 13.2 Å². The first-order chi connectivity index (χ1) is 11.7. The van der Waals surface area contributed by atoms with E-state index in [0.717, 1.165) is 0 Å². The summed E-state index contributed by atoms with van der Waals surface area (Å²) in [5.74, 6) is -2.21. The summed E-state index contributed by atoms with van der Waals surface area (Å²) in [6, 6.07) is 0. The van der Waals surface area contributed by atoms with Crippen LogP contribution in [0.25, 0.3) is 0 Å². The number of hydrogen-bond acceptors (Lipinski definition) is 6. The second kappa shape index (κ2) is 6.98. The van der Waals surface area contributed by atoms with E-state index in [1.807, 2.05) is 6.92 Å². The average Bonchev–Trinajstić information content (AvgIpc) is 2.88. The van der Waals surface area contributed by atoms with Gasteiger partial charge in [0.2, 0.25) is 0 Å². The molecule has 5 atom stereocenters. The second-order valence-corrected chi connectivity index (χ2v) is 6.83. The normalized spacial score (nSPS) is 34.0. The second-order valence-electron chi connectivity index (χ2n) is 6.83. The molecule has 2 rings (SSSR count). The Bertz CT molecular complexity index is 648. The van der Waals surface area contributed by atoms with E-state index in [0.29, 0.717) is 12.0 Å². The number of esters is 2. The molecule has 6 heteroatoms. The lowest BCUT2D eigenvalue weighted by Crippen LogP contribution is -2.52. The van der Waals surface area contributed by atoms with Gasteiger partial charge in [-0.2, -0.15) is 0 Å². The van der Waals surface area contributed by atoms with Crippen molar-refractivity contribution in [1.82, 2.24) is 0 Å². The average molecular weight is 348 g/mol. The fourth-order valence-corrected chi connectivity index (χ4v) is 3.79. The van der Waals surface area contributed by atoms with Crippen LogP contribution in [0.1, 0.15) is 13.3 Å². The van der Waals surface area contributed by atoms with E-state index < -0.39 is 42.1 Å². The van der Waals surface area contributed by atoms with Crippen LogP contribution < -0.4 is 0 Å². The number of rotatable bonds is 6. The summed E-state index contributed by atoms with van der Waals surface area (Å²) in [7, 11) is 0. The van der Waals surface area contributed by atoms with Gasteiger partial charge in [0.1, 0.15) is 12.2 Å². The first-order valence-electron chi connectivity index (χ1n) is 8.01. The zero-order chi connectivity index (χ0) is 18.9. The Balaban J connectivity index is 2.43. The minimum Gasteiger partial charge on any atom is -0.458 e.